The van der Waals surface area contributed by atoms with Gasteiger partial charge in [-0.2, -0.15) is 0 Å². The smallest absolute Gasteiger partial charge is 0.267 e. The van der Waals surface area contributed by atoms with E-state index in [2.05, 4.69) is 20.9 Å². The number of pyridine rings is 1. The molecule has 5 heteroatoms. The van der Waals surface area contributed by atoms with E-state index in [4.69, 9.17) is 17.3 Å². The van der Waals surface area contributed by atoms with Crippen LogP contribution >= 0.6 is 27.5 Å². The van der Waals surface area contributed by atoms with Crippen molar-refractivity contribution >= 4 is 33.4 Å². The van der Waals surface area contributed by atoms with Crippen molar-refractivity contribution in [3.8, 4) is 0 Å². The highest BCUT2D eigenvalue weighted by Gasteiger charge is 2.03. The van der Waals surface area contributed by atoms with Crippen LogP contribution in [0.2, 0.25) is 5.02 Å². The van der Waals surface area contributed by atoms with Crippen LogP contribution in [0.1, 0.15) is 10.5 Å². The Morgan fingerprint density at radius 1 is 1.64 bits per heavy atom. The largest absolute Gasteiger partial charge is 0.364 e. The molecule has 0 aliphatic carbocycles. The number of carbonyl (C=O) groups excluding carboxylic acids is 1. The third kappa shape index (κ3) is 2.17. The molecule has 0 aliphatic rings. The molecule has 1 aromatic rings. The molecule has 1 amide bonds. The van der Waals surface area contributed by atoms with E-state index in [1.807, 2.05) is 0 Å². The molecule has 11 heavy (non-hydrogen) atoms. The van der Waals surface area contributed by atoms with E-state index in [0.29, 0.717) is 9.63 Å². The number of aromatic nitrogens is 1. The van der Waals surface area contributed by atoms with Crippen molar-refractivity contribution in [2.45, 2.75) is 0 Å². The molecule has 0 unspecified atom stereocenters. The normalized spacial score (nSPS) is 9.64. The lowest BCUT2D eigenvalue weighted by Gasteiger charge is -1.95. The highest BCUT2D eigenvalue weighted by atomic mass is 79.9. The lowest BCUT2D eigenvalue weighted by molar-refractivity contribution is 0.0995. The molecule has 3 nitrogen and oxygen atoms in total. The highest BCUT2D eigenvalue weighted by molar-refractivity contribution is 9.10. The monoisotopic (exact) mass is 234 g/mol. The third-order valence-electron chi connectivity index (χ3n) is 1.01. The third-order valence-corrected chi connectivity index (χ3v) is 1.64. The Kier molecular flexibility index (Phi) is 2.46. The van der Waals surface area contributed by atoms with Crippen LogP contribution in [0.4, 0.5) is 0 Å². The van der Waals surface area contributed by atoms with Gasteiger partial charge in [-0.15, -0.1) is 0 Å². The minimum Gasteiger partial charge on any atom is -0.364 e. The lowest BCUT2D eigenvalue weighted by Crippen LogP contribution is -2.12. The molecule has 0 fully saturated rings. The van der Waals surface area contributed by atoms with Gasteiger partial charge in [0, 0.05) is 5.02 Å². The minimum atomic E-state index is -0.590. The minimum absolute atomic E-state index is 0.157. The quantitative estimate of drug-likeness (QED) is 0.752. The second kappa shape index (κ2) is 3.19. The fourth-order valence-corrected chi connectivity index (χ4v) is 1.37. The molecule has 0 aromatic carbocycles. The first kappa shape index (κ1) is 8.49. The van der Waals surface area contributed by atoms with Gasteiger partial charge in [0.2, 0.25) is 0 Å². The molecule has 0 bridgehead atoms. The molecule has 0 spiro atoms. The summed E-state index contributed by atoms with van der Waals surface area (Å²) in [7, 11) is 0. The summed E-state index contributed by atoms with van der Waals surface area (Å²) < 4.78 is 0.499. The summed E-state index contributed by atoms with van der Waals surface area (Å²) in [4.78, 5) is 14.4. The van der Waals surface area contributed by atoms with Crippen molar-refractivity contribution in [2.75, 3.05) is 0 Å². The zero-order chi connectivity index (χ0) is 8.43. The Labute approximate surface area is 76.7 Å². The maximum Gasteiger partial charge on any atom is 0.267 e. The molecule has 0 saturated heterocycles. The average molecular weight is 235 g/mol. The predicted octanol–water partition coefficient (Wildman–Crippen LogP) is 1.60. The topological polar surface area (TPSA) is 56.0 Å². The van der Waals surface area contributed by atoms with Gasteiger partial charge in [-0.1, -0.05) is 11.6 Å². The van der Waals surface area contributed by atoms with Crippen molar-refractivity contribution in [3.63, 3.8) is 0 Å². The molecular formula is C6H4BrClN2O. The second-order valence-corrected chi connectivity index (χ2v) is 3.11. The number of primary amides is 1. The Hall–Kier alpha value is -0.610. The first-order chi connectivity index (χ1) is 5.09. The van der Waals surface area contributed by atoms with Crippen molar-refractivity contribution < 1.29 is 4.79 Å². The van der Waals surface area contributed by atoms with Crippen LogP contribution in [0, 0.1) is 0 Å². The molecule has 1 rings (SSSR count). The van der Waals surface area contributed by atoms with E-state index in [-0.39, 0.29) is 5.69 Å². The average Bonchev–Trinajstić information content (AvgIpc) is 1.85. The van der Waals surface area contributed by atoms with E-state index < -0.39 is 5.91 Å². The van der Waals surface area contributed by atoms with Crippen molar-refractivity contribution in [1.82, 2.24) is 4.98 Å². The summed E-state index contributed by atoms with van der Waals surface area (Å²) in [5.41, 5.74) is 5.13. The maximum absolute atomic E-state index is 10.6. The Morgan fingerprint density at radius 2 is 2.27 bits per heavy atom. The van der Waals surface area contributed by atoms with Gasteiger partial charge < -0.3 is 5.73 Å². The highest BCUT2D eigenvalue weighted by Crippen LogP contribution is 2.15. The van der Waals surface area contributed by atoms with Crippen LogP contribution in [-0.4, -0.2) is 10.9 Å². The number of hydrogen-bond acceptors (Lipinski definition) is 2. The van der Waals surface area contributed by atoms with Gasteiger partial charge in [-0.25, -0.2) is 4.98 Å². The molecule has 1 heterocycles. The molecule has 1 aromatic heterocycles. The first-order valence-corrected chi connectivity index (χ1v) is 3.89. The number of hydrogen-bond donors (Lipinski definition) is 1. The van der Waals surface area contributed by atoms with Gasteiger partial charge in [0.25, 0.3) is 5.91 Å². The standard InChI is InChI=1S/C6H4BrClN2O/c7-5-2-3(8)1-4(10-5)6(9)11/h1-2H,(H2,9,11). The zero-order valence-corrected chi connectivity index (χ0v) is 7.69. The van der Waals surface area contributed by atoms with Crippen LogP contribution < -0.4 is 5.73 Å². The Bertz CT molecular complexity index is 282. The summed E-state index contributed by atoms with van der Waals surface area (Å²) in [6.45, 7) is 0. The van der Waals surface area contributed by atoms with Crippen LogP contribution in [-0.2, 0) is 0 Å². The van der Waals surface area contributed by atoms with Crippen LogP contribution in [0.5, 0.6) is 0 Å². The first-order valence-electron chi connectivity index (χ1n) is 2.72. The van der Waals surface area contributed by atoms with E-state index in [1.54, 1.807) is 6.07 Å². The molecule has 0 radical (unpaired) electrons. The number of halogens is 2. The van der Waals surface area contributed by atoms with E-state index in [1.165, 1.54) is 6.07 Å². The van der Waals surface area contributed by atoms with Crippen molar-refractivity contribution in [2.24, 2.45) is 5.73 Å². The van der Waals surface area contributed by atoms with Crippen LogP contribution in [0.25, 0.3) is 0 Å². The number of nitrogens with zero attached hydrogens (tertiary/aromatic N) is 1. The Balaban J connectivity index is 3.19. The molecule has 0 aliphatic heterocycles. The fourth-order valence-electron chi connectivity index (χ4n) is 0.592. The fraction of sp³-hybridized carbons (Fsp3) is 0. The van der Waals surface area contributed by atoms with Gasteiger partial charge in [0.05, 0.1) is 0 Å². The number of nitrogens with two attached hydrogens (primary N) is 1. The molecule has 58 valence electrons. The lowest BCUT2D eigenvalue weighted by atomic mass is 10.3. The maximum atomic E-state index is 10.6. The predicted molar refractivity (Wildman–Crippen MR) is 45.5 cm³/mol. The van der Waals surface area contributed by atoms with Gasteiger partial charge in [0.1, 0.15) is 10.3 Å². The Morgan fingerprint density at radius 3 is 2.73 bits per heavy atom. The van der Waals surface area contributed by atoms with Gasteiger partial charge in [0.15, 0.2) is 0 Å². The van der Waals surface area contributed by atoms with Gasteiger partial charge in [-0.3, -0.25) is 4.79 Å². The van der Waals surface area contributed by atoms with Gasteiger partial charge in [-0.05, 0) is 28.1 Å². The number of rotatable bonds is 1. The molecular weight excluding hydrogens is 231 g/mol. The molecule has 2 N–H and O–H groups in total. The molecule has 0 atom stereocenters. The van der Waals surface area contributed by atoms with E-state index in [9.17, 15) is 4.79 Å². The van der Waals surface area contributed by atoms with E-state index >= 15 is 0 Å². The zero-order valence-electron chi connectivity index (χ0n) is 5.34. The summed E-state index contributed by atoms with van der Waals surface area (Å²) in [5.74, 6) is -0.590. The number of carbonyl (C=O) groups is 1. The van der Waals surface area contributed by atoms with Crippen molar-refractivity contribution in [3.05, 3.63) is 27.5 Å². The van der Waals surface area contributed by atoms with E-state index in [0.717, 1.165) is 0 Å². The summed E-state index contributed by atoms with van der Waals surface area (Å²) in [5, 5.41) is 0.431. The van der Waals surface area contributed by atoms with Crippen LogP contribution in [0.3, 0.4) is 0 Å². The summed E-state index contributed by atoms with van der Waals surface area (Å²) in [6.07, 6.45) is 0. The molecule has 0 saturated carbocycles. The second-order valence-electron chi connectivity index (χ2n) is 1.86. The number of amides is 1. The SMILES string of the molecule is NC(=O)c1cc(Cl)cc(Br)n1. The summed E-state index contributed by atoms with van der Waals surface area (Å²) in [6, 6.07) is 2.99. The van der Waals surface area contributed by atoms with Crippen LogP contribution in [0.15, 0.2) is 16.7 Å². The van der Waals surface area contributed by atoms with Gasteiger partial charge >= 0.3 is 0 Å². The van der Waals surface area contributed by atoms with Crippen molar-refractivity contribution in [1.29, 1.82) is 0 Å². The summed E-state index contributed by atoms with van der Waals surface area (Å²) >= 11 is 8.69.